The van der Waals surface area contributed by atoms with Gasteiger partial charge in [0.1, 0.15) is 5.75 Å². The lowest BCUT2D eigenvalue weighted by Gasteiger charge is -2.19. The van der Waals surface area contributed by atoms with Crippen LogP contribution in [0, 0.1) is 13.8 Å². The second-order valence-corrected chi connectivity index (χ2v) is 5.48. The summed E-state index contributed by atoms with van der Waals surface area (Å²) in [5, 5.41) is 0. The van der Waals surface area contributed by atoms with Gasteiger partial charge in [-0.2, -0.15) is 0 Å². The van der Waals surface area contributed by atoms with Gasteiger partial charge in [0.05, 0.1) is 6.61 Å². The average molecular weight is 263 g/mol. The highest BCUT2D eigenvalue weighted by atomic mass is 16.5. The highest BCUT2D eigenvalue weighted by Gasteiger charge is 2.13. The second kappa shape index (κ2) is 7.54. The van der Waals surface area contributed by atoms with Crippen LogP contribution in [0.2, 0.25) is 0 Å². The minimum absolute atomic E-state index is 0.339. The molecule has 0 aliphatic heterocycles. The van der Waals surface area contributed by atoms with E-state index in [1.165, 1.54) is 16.7 Å². The monoisotopic (exact) mass is 263 g/mol. The lowest BCUT2D eigenvalue weighted by atomic mass is 9.89. The van der Waals surface area contributed by atoms with Crippen LogP contribution in [0.15, 0.2) is 12.1 Å². The molecular weight excluding hydrogens is 234 g/mol. The maximum absolute atomic E-state index is 6.01. The van der Waals surface area contributed by atoms with Gasteiger partial charge < -0.3 is 10.5 Å². The molecule has 0 radical (unpaired) electrons. The van der Waals surface area contributed by atoms with Crippen LogP contribution in [0.1, 0.15) is 62.6 Å². The zero-order valence-electron chi connectivity index (χ0n) is 13.1. The number of rotatable bonds is 7. The first-order chi connectivity index (χ1) is 9.01. The van der Waals surface area contributed by atoms with Gasteiger partial charge in [0.25, 0.3) is 0 Å². The third-order valence-corrected chi connectivity index (χ3v) is 4.10. The maximum atomic E-state index is 6.01. The lowest BCUT2D eigenvalue weighted by Crippen LogP contribution is -2.19. The zero-order valence-corrected chi connectivity index (χ0v) is 13.1. The standard InChI is InChI=1S/C17H29NO/c1-6-15(18)9-8-12(3)16-10-11-17(19-7-2)14(5)13(16)4/h10-12,15H,6-9,18H2,1-5H3. The smallest absolute Gasteiger partial charge is 0.122 e. The molecule has 108 valence electrons. The summed E-state index contributed by atoms with van der Waals surface area (Å²) in [6.45, 7) is 11.5. The topological polar surface area (TPSA) is 35.2 Å². The van der Waals surface area contributed by atoms with Crippen molar-refractivity contribution in [1.29, 1.82) is 0 Å². The average Bonchev–Trinajstić information content (AvgIpc) is 2.41. The molecule has 0 saturated heterocycles. The maximum Gasteiger partial charge on any atom is 0.122 e. The largest absolute Gasteiger partial charge is 0.494 e. The van der Waals surface area contributed by atoms with Crippen molar-refractivity contribution in [2.24, 2.45) is 5.73 Å². The van der Waals surface area contributed by atoms with E-state index in [9.17, 15) is 0 Å². The molecule has 0 saturated carbocycles. The van der Waals surface area contributed by atoms with Crippen LogP contribution >= 0.6 is 0 Å². The summed E-state index contributed by atoms with van der Waals surface area (Å²) in [4.78, 5) is 0. The van der Waals surface area contributed by atoms with E-state index in [1.54, 1.807) is 0 Å². The highest BCUT2D eigenvalue weighted by Crippen LogP contribution is 2.31. The van der Waals surface area contributed by atoms with Crippen LogP contribution in [0.25, 0.3) is 0 Å². The predicted molar refractivity (Wildman–Crippen MR) is 83.0 cm³/mol. The Balaban J connectivity index is 2.80. The summed E-state index contributed by atoms with van der Waals surface area (Å²) in [6, 6.07) is 4.67. The van der Waals surface area contributed by atoms with E-state index in [4.69, 9.17) is 10.5 Å². The van der Waals surface area contributed by atoms with Gasteiger partial charge >= 0.3 is 0 Å². The molecule has 1 aromatic carbocycles. The van der Waals surface area contributed by atoms with Crippen LogP contribution in [-0.4, -0.2) is 12.6 Å². The first-order valence-corrected chi connectivity index (χ1v) is 7.49. The van der Waals surface area contributed by atoms with Crippen molar-refractivity contribution in [1.82, 2.24) is 0 Å². The fourth-order valence-corrected chi connectivity index (χ4v) is 2.49. The Morgan fingerprint density at radius 2 is 1.79 bits per heavy atom. The SMILES string of the molecule is CCOc1ccc(C(C)CCC(N)CC)c(C)c1C. The Labute approximate surface area is 118 Å². The van der Waals surface area contributed by atoms with Gasteiger partial charge in [0, 0.05) is 6.04 Å². The van der Waals surface area contributed by atoms with Crippen molar-refractivity contribution in [2.75, 3.05) is 6.61 Å². The molecule has 2 nitrogen and oxygen atoms in total. The minimum atomic E-state index is 0.339. The summed E-state index contributed by atoms with van der Waals surface area (Å²) in [6.07, 6.45) is 3.32. The Kier molecular flexibility index (Phi) is 6.36. The second-order valence-electron chi connectivity index (χ2n) is 5.48. The molecule has 0 aromatic heterocycles. The Morgan fingerprint density at radius 3 is 2.37 bits per heavy atom. The molecule has 0 bridgehead atoms. The van der Waals surface area contributed by atoms with Crippen molar-refractivity contribution in [2.45, 2.75) is 65.8 Å². The molecule has 1 aromatic rings. The molecule has 2 atom stereocenters. The van der Waals surface area contributed by atoms with E-state index >= 15 is 0 Å². The Morgan fingerprint density at radius 1 is 1.11 bits per heavy atom. The van der Waals surface area contributed by atoms with Crippen LogP contribution in [0.5, 0.6) is 5.75 Å². The minimum Gasteiger partial charge on any atom is -0.494 e. The molecule has 0 fully saturated rings. The summed E-state index contributed by atoms with van der Waals surface area (Å²) in [5.41, 5.74) is 10.1. The molecule has 1 rings (SSSR count). The molecule has 0 spiro atoms. The normalized spacial score (nSPS) is 14.2. The third kappa shape index (κ3) is 4.24. The van der Waals surface area contributed by atoms with Crippen molar-refractivity contribution in [3.05, 3.63) is 28.8 Å². The number of benzene rings is 1. The fraction of sp³-hybridized carbons (Fsp3) is 0.647. The van der Waals surface area contributed by atoms with E-state index in [0.717, 1.165) is 31.6 Å². The molecule has 0 heterocycles. The summed E-state index contributed by atoms with van der Waals surface area (Å²) >= 11 is 0. The first kappa shape index (κ1) is 16.0. The van der Waals surface area contributed by atoms with E-state index < -0.39 is 0 Å². The van der Waals surface area contributed by atoms with Gasteiger partial charge in [-0.1, -0.05) is 19.9 Å². The molecule has 2 N–H and O–H groups in total. The molecular formula is C17H29NO. The van der Waals surface area contributed by atoms with Gasteiger partial charge in [-0.25, -0.2) is 0 Å². The van der Waals surface area contributed by atoms with Gasteiger partial charge in [-0.15, -0.1) is 0 Å². The van der Waals surface area contributed by atoms with Crippen molar-refractivity contribution in [3.63, 3.8) is 0 Å². The first-order valence-electron chi connectivity index (χ1n) is 7.49. The molecule has 0 amide bonds. The Bertz CT molecular complexity index is 400. The van der Waals surface area contributed by atoms with Crippen LogP contribution in [-0.2, 0) is 0 Å². The van der Waals surface area contributed by atoms with E-state index in [0.29, 0.717) is 12.0 Å². The van der Waals surface area contributed by atoms with Crippen molar-refractivity contribution >= 4 is 0 Å². The van der Waals surface area contributed by atoms with E-state index in [2.05, 4.69) is 39.8 Å². The molecule has 0 aliphatic carbocycles. The van der Waals surface area contributed by atoms with E-state index in [-0.39, 0.29) is 0 Å². The lowest BCUT2D eigenvalue weighted by molar-refractivity contribution is 0.337. The van der Waals surface area contributed by atoms with Crippen molar-refractivity contribution in [3.8, 4) is 5.75 Å². The van der Waals surface area contributed by atoms with Gasteiger partial charge in [0.15, 0.2) is 0 Å². The predicted octanol–water partition coefficient (Wildman–Crippen LogP) is 4.32. The molecule has 19 heavy (non-hydrogen) atoms. The number of hydrogen-bond donors (Lipinski definition) is 1. The fourth-order valence-electron chi connectivity index (χ4n) is 2.49. The molecule has 0 aliphatic rings. The van der Waals surface area contributed by atoms with Crippen LogP contribution in [0.3, 0.4) is 0 Å². The van der Waals surface area contributed by atoms with Gasteiger partial charge in [0.2, 0.25) is 0 Å². The van der Waals surface area contributed by atoms with Crippen molar-refractivity contribution < 1.29 is 4.74 Å². The Hall–Kier alpha value is -1.02. The number of ether oxygens (including phenoxy) is 1. The quantitative estimate of drug-likeness (QED) is 0.795. The summed E-state index contributed by atoms with van der Waals surface area (Å²) in [7, 11) is 0. The highest BCUT2D eigenvalue weighted by molar-refractivity contribution is 5.44. The summed E-state index contributed by atoms with van der Waals surface area (Å²) < 4.78 is 5.65. The third-order valence-electron chi connectivity index (χ3n) is 4.10. The van der Waals surface area contributed by atoms with Crippen LogP contribution in [0.4, 0.5) is 0 Å². The molecule has 2 unspecified atom stereocenters. The zero-order chi connectivity index (χ0) is 14.4. The van der Waals surface area contributed by atoms with Crippen LogP contribution < -0.4 is 10.5 Å². The summed E-state index contributed by atoms with van der Waals surface area (Å²) in [5.74, 6) is 1.58. The van der Waals surface area contributed by atoms with Gasteiger partial charge in [-0.05, 0) is 68.7 Å². The number of nitrogens with two attached hydrogens (primary N) is 1. The van der Waals surface area contributed by atoms with Gasteiger partial charge in [-0.3, -0.25) is 0 Å². The van der Waals surface area contributed by atoms with E-state index in [1.807, 2.05) is 6.92 Å². The number of hydrogen-bond acceptors (Lipinski definition) is 2. The molecule has 2 heteroatoms.